The summed E-state index contributed by atoms with van der Waals surface area (Å²) >= 11 is 0. The summed E-state index contributed by atoms with van der Waals surface area (Å²) in [6, 6.07) is 12.5. The summed E-state index contributed by atoms with van der Waals surface area (Å²) in [6.45, 7) is 2.84. The molecule has 1 unspecified atom stereocenters. The van der Waals surface area contributed by atoms with Crippen molar-refractivity contribution in [3.05, 3.63) is 42.1 Å². The Labute approximate surface area is 113 Å². The Hall–Kier alpha value is -1.94. The van der Waals surface area contributed by atoms with E-state index in [1.807, 2.05) is 25.2 Å². The van der Waals surface area contributed by atoms with Gasteiger partial charge in [-0.2, -0.15) is 0 Å². The fourth-order valence-electron chi connectivity index (χ4n) is 2.08. The number of benzene rings is 1. The topological polar surface area (TPSA) is 66.0 Å². The molecule has 0 saturated carbocycles. The third-order valence-electron chi connectivity index (χ3n) is 3.34. The van der Waals surface area contributed by atoms with Crippen LogP contribution in [0.1, 0.15) is 19.0 Å². The van der Waals surface area contributed by atoms with Crippen molar-refractivity contribution in [1.82, 2.24) is 9.88 Å². The summed E-state index contributed by atoms with van der Waals surface area (Å²) in [5, 5.41) is 8.50. The molecule has 1 atom stereocenters. The Morgan fingerprint density at radius 1 is 1.32 bits per heavy atom. The Morgan fingerprint density at radius 2 is 2.05 bits per heavy atom. The van der Waals surface area contributed by atoms with E-state index in [9.17, 15) is 0 Å². The highest BCUT2D eigenvalue weighted by Gasteiger charge is 2.11. The first-order valence-corrected chi connectivity index (χ1v) is 6.44. The number of nitrogens with one attached hydrogen (secondary N) is 1. The van der Waals surface area contributed by atoms with Crippen molar-refractivity contribution >= 4 is 16.7 Å². The number of hydrogen-bond acceptors (Lipinski definition) is 3. The van der Waals surface area contributed by atoms with E-state index in [0.717, 1.165) is 23.1 Å². The van der Waals surface area contributed by atoms with Crippen LogP contribution < -0.4 is 5.73 Å². The molecule has 100 valence electrons. The summed E-state index contributed by atoms with van der Waals surface area (Å²) in [6.07, 6.45) is 0.587. The molecule has 0 fully saturated rings. The Bertz CT molecular complexity index is 579. The molecule has 1 heterocycles. The van der Waals surface area contributed by atoms with Crippen LogP contribution in [0.4, 0.5) is 0 Å². The van der Waals surface area contributed by atoms with Gasteiger partial charge in [-0.05, 0) is 26.1 Å². The summed E-state index contributed by atoms with van der Waals surface area (Å²) in [7, 11) is 2.03. The predicted molar refractivity (Wildman–Crippen MR) is 79.2 cm³/mol. The van der Waals surface area contributed by atoms with E-state index in [2.05, 4.69) is 35.0 Å². The molecule has 0 radical (unpaired) electrons. The Kier molecular flexibility index (Phi) is 4.12. The minimum absolute atomic E-state index is 0.228. The standard InChI is InChI=1S/C15H20N4/c1-11(9-15(16)17)19(2)10-13-8-7-12-5-3-4-6-14(12)18-13/h3-8,11H,9-10H2,1-2H3,(H3,16,17). The molecule has 4 heteroatoms. The summed E-state index contributed by atoms with van der Waals surface area (Å²) < 4.78 is 0. The first kappa shape index (κ1) is 13.5. The van der Waals surface area contributed by atoms with Crippen molar-refractivity contribution in [3.63, 3.8) is 0 Å². The van der Waals surface area contributed by atoms with Gasteiger partial charge in [-0.25, -0.2) is 0 Å². The fraction of sp³-hybridized carbons (Fsp3) is 0.333. The predicted octanol–water partition coefficient (Wildman–Crippen LogP) is 2.38. The van der Waals surface area contributed by atoms with E-state index in [-0.39, 0.29) is 11.9 Å². The number of rotatable bonds is 5. The van der Waals surface area contributed by atoms with Crippen molar-refractivity contribution < 1.29 is 0 Å². The molecule has 0 amide bonds. The van der Waals surface area contributed by atoms with Gasteiger partial charge in [0.25, 0.3) is 0 Å². The first-order chi connectivity index (χ1) is 9.06. The van der Waals surface area contributed by atoms with Gasteiger partial charge in [0.2, 0.25) is 0 Å². The highest BCUT2D eigenvalue weighted by molar-refractivity contribution is 5.78. The van der Waals surface area contributed by atoms with Crippen LogP contribution in [0.5, 0.6) is 0 Å². The molecule has 2 aromatic rings. The molecule has 0 aliphatic heterocycles. The molecule has 3 N–H and O–H groups in total. The van der Waals surface area contributed by atoms with Crippen LogP contribution in [0.25, 0.3) is 10.9 Å². The summed E-state index contributed by atoms with van der Waals surface area (Å²) in [5.41, 5.74) is 7.50. The van der Waals surface area contributed by atoms with Crippen molar-refractivity contribution in [2.75, 3.05) is 7.05 Å². The van der Waals surface area contributed by atoms with E-state index >= 15 is 0 Å². The number of amidine groups is 1. The lowest BCUT2D eigenvalue weighted by Crippen LogP contribution is -2.32. The zero-order chi connectivity index (χ0) is 13.8. The third-order valence-corrected chi connectivity index (χ3v) is 3.34. The smallest absolute Gasteiger partial charge is 0.0920 e. The number of nitrogens with two attached hydrogens (primary N) is 1. The second-order valence-corrected chi connectivity index (χ2v) is 4.99. The molecule has 1 aromatic carbocycles. The third kappa shape index (κ3) is 3.51. The molecule has 0 aliphatic carbocycles. The molecule has 0 bridgehead atoms. The fourth-order valence-corrected chi connectivity index (χ4v) is 2.08. The van der Waals surface area contributed by atoms with E-state index < -0.39 is 0 Å². The van der Waals surface area contributed by atoms with Crippen molar-refractivity contribution in [2.45, 2.75) is 25.9 Å². The van der Waals surface area contributed by atoms with Crippen LogP contribution in [0.3, 0.4) is 0 Å². The lowest BCUT2D eigenvalue weighted by molar-refractivity contribution is 0.252. The summed E-state index contributed by atoms with van der Waals surface area (Å²) in [4.78, 5) is 6.82. The van der Waals surface area contributed by atoms with Gasteiger partial charge in [0, 0.05) is 24.4 Å². The average molecular weight is 256 g/mol. The highest BCUT2D eigenvalue weighted by atomic mass is 15.1. The van der Waals surface area contributed by atoms with E-state index in [1.165, 1.54) is 0 Å². The zero-order valence-electron chi connectivity index (χ0n) is 11.4. The molecule has 0 aliphatic rings. The van der Waals surface area contributed by atoms with Crippen LogP contribution in [-0.2, 0) is 6.54 Å². The van der Waals surface area contributed by atoms with Gasteiger partial charge in [-0.15, -0.1) is 0 Å². The van der Waals surface area contributed by atoms with Crippen molar-refractivity contribution in [2.24, 2.45) is 5.73 Å². The Morgan fingerprint density at radius 3 is 2.79 bits per heavy atom. The number of hydrogen-bond donors (Lipinski definition) is 2. The monoisotopic (exact) mass is 256 g/mol. The molecular formula is C15H20N4. The lowest BCUT2D eigenvalue weighted by atomic mass is 10.1. The molecule has 4 nitrogen and oxygen atoms in total. The minimum atomic E-state index is 0.228. The number of pyridine rings is 1. The Balaban J connectivity index is 2.10. The van der Waals surface area contributed by atoms with E-state index in [4.69, 9.17) is 11.1 Å². The zero-order valence-corrected chi connectivity index (χ0v) is 11.4. The quantitative estimate of drug-likeness (QED) is 0.637. The minimum Gasteiger partial charge on any atom is -0.388 e. The van der Waals surface area contributed by atoms with Crippen molar-refractivity contribution in [1.29, 1.82) is 5.41 Å². The largest absolute Gasteiger partial charge is 0.388 e. The molecule has 2 rings (SSSR count). The van der Waals surface area contributed by atoms with Crippen LogP contribution in [0, 0.1) is 5.41 Å². The molecule has 0 saturated heterocycles. The van der Waals surface area contributed by atoms with Crippen LogP contribution in [-0.4, -0.2) is 28.8 Å². The highest BCUT2D eigenvalue weighted by Crippen LogP contribution is 2.13. The van der Waals surface area contributed by atoms with Crippen molar-refractivity contribution in [3.8, 4) is 0 Å². The van der Waals surface area contributed by atoms with E-state index in [1.54, 1.807) is 0 Å². The molecule has 0 spiro atoms. The summed E-state index contributed by atoms with van der Waals surface area (Å²) in [5.74, 6) is 0.228. The second-order valence-electron chi connectivity index (χ2n) is 4.99. The SMILES string of the molecule is CC(CC(=N)N)N(C)Cc1ccc2ccccc2n1. The number of fused-ring (bicyclic) bond motifs is 1. The van der Waals surface area contributed by atoms with Gasteiger partial charge in [-0.1, -0.05) is 24.3 Å². The number of nitrogens with zero attached hydrogens (tertiary/aromatic N) is 2. The van der Waals surface area contributed by atoms with Crippen LogP contribution in [0.2, 0.25) is 0 Å². The molecule has 1 aromatic heterocycles. The van der Waals surface area contributed by atoms with Gasteiger partial charge >= 0.3 is 0 Å². The van der Waals surface area contributed by atoms with Gasteiger partial charge in [0.05, 0.1) is 17.0 Å². The van der Waals surface area contributed by atoms with Crippen LogP contribution >= 0.6 is 0 Å². The van der Waals surface area contributed by atoms with Gasteiger partial charge in [0.15, 0.2) is 0 Å². The average Bonchev–Trinajstić information content (AvgIpc) is 2.37. The number of aromatic nitrogens is 1. The molecule has 19 heavy (non-hydrogen) atoms. The maximum Gasteiger partial charge on any atom is 0.0920 e. The molecular weight excluding hydrogens is 236 g/mol. The second kappa shape index (κ2) is 5.80. The maximum absolute atomic E-state index is 7.34. The van der Waals surface area contributed by atoms with E-state index in [0.29, 0.717) is 6.42 Å². The van der Waals surface area contributed by atoms with Gasteiger partial charge in [0.1, 0.15) is 0 Å². The maximum atomic E-state index is 7.34. The van der Waals surface area contributed by atoms with Gasteiger partial charge < -0.3 is 5.73 Å². The number of para-hydroxylation sites is 1. The van der Waals surface area contributed by atoms with Crippen LogP contribution in [0.15, 0.2) is 36.4 Å². The normalized spacial score (nSPS) is 12.8. The lowest BCUT2D eigenvalue weighted by Gasteiger charge is -2.23. The van der Waals surface area contributed by atoms with Gasteiger partial charge in [-0.3, -0.25) is 15.3 Å². The first-order valence-electron chi connectivity index (χ1n) is 6.44.